The van der Waals surface area contributed by atoms with Crippen molar-refractivity contribution in [1.82, 2.24) is 4.98 Å². The van der Waals surface area contributed by atoms with Crippen LogP contribution in [0, 0.1) is 5.92 Å². The molecule has 90 valence electrons. The van der Waals surface area contributed by atoms with Crippen molar-refractivity contribution >= 4 is 21.7 Å². The van der Waals surface area contributed by atoms with Gasteiger partial charge in [0.25, 0.3) is 0 Å². The molecule has 4 heteroatoms. The van der Waals surface area contributed by atoms with Crippen LogP contribution in [0.2, 0.25) is 0 Å². The molecule has 0 saturated heterocycles. The van der Waals surface area contributed by atoms with E-state index in [1.54, 1.807) is 0 Å². The van der Waals surface area contributed by atoms with Crippen LogP contribution in [0.4, 0.5) is 5.82 Å². The van der Waals surface area contributed by atoms with Crippen molar-refractivity contribution in [3.05, 3.63) is 22.8 Å². The molecule has 0 radical (unpaired) electrons. The van der Waals surface area contributed by atoms with Gasteiger partial charge in [-0.15, -0.1) is 0 Å². The minimum atomic E-state index is 0.262. The Kier molecular flexibility index (Phi) is 5.22. The highest BCUT2D eigenvalue weighted by molar-refractivity contribution is 9.10. The second-order valence-electron chi connectivity index (χ2n) is 4.45. The summed E-state index contributed by atoms with van der Waals surface area (Å²) in [6, 6.07) is 4.27. The summed E-state index contributed by atoms with van der Waals surface area (Å²) >= 11 is 3.37. The van der Waals surface area contributed by atoms with E-state index in [1.165, 1.54) is 0 Å². The first-order chi connectivity index (χ1) is 7.50. The highest BCUT2D eigenvalue weighted by Crippen LogP contribution is 2.14. The van der Waals surface area contributed by atoms with Gasteiger partial charge in [0.2, 0.25) is 0 Å². The number of halogens is 1. The molecule has 1 heterocycles. The number of aromatic nitrogens is 1. The van der Waals surface area contributed by atoms with Crippen molar-refractivity contribution < 1.29 is 0 Å². The molecule has 0 aromatic carbocycles. The third-order valence-electron chi connectivity index (χ3n) is 2.76. The van der Waals surface area contributed by atoms with E-state index in [2.05, 4.69) is 39.7 Å². The maximum atomic E-state index is 6.01. The average Bonchev–Trinajstić information content (AvgIpc) is 2.26. The Balaban J connectivity index is 2.46. The van der Waals surface area contributed by atoms with Crippen molar-refractivity contribution in [2.24, 2.45) is 11.7 Å². The minimum absolute atomic E-state index is 0.262. The van der Waals surface area contributed by atoms with Crippen LogP contribution in [0.25, 0.3) is 0 Å². The van der Waals surface area contributed by atoms with E-state index in [-0.39, 0.29) is 6.04 Å². The monoisotopic (exact) mass is 285 g/mol. The third-order valence-corrected chi connectivity index (χ3v) is 3.23. The third kappa shape index (κ3) is 4.10. The average molecular weight is 286 g/mol. The Hall–Kier alpha value is -0.610. The summed E-state index contributed by atoms with van der Waals surface area (Å²) < 4.78 is 1.00. The zero-order valence-corrected chi connectivity index (χ0v) is 11.7. The van der Waals surface area contributed by atoms with E-state index in [0.717, 1.165) is 23.3 Å². The number of rotatable bonds is 5. The molecule has 0 aliphatic heterocycles. The van der Waals surface area contributed by atoms with E-state index >= 15 is 0 Å². The molecule has 0 aliphatic carbocycles. The maximum Gasteiger partial charge on any atom is 0.128 e. The fourth-order valence-electron chi connectivity index (χ4n) is 1.38. The Morgan fingerprint density at radius 3 is 2.62 bits per heavy atom. The zero-order chi connectivity index (χ0) is 12.1. The fraction of sp³-hybridized carbons (Fsp3) is 0.583. The fourth-order valence-corrected chi connectivity index (χ4v) is 1.62. The summed E-state index contributed by atoms with van der Waals surface area (Å²) in [6.07, 6.45) is 2.81. The van der Waals surface area contributed by atoms with E-state index in [0.29, 0.717) is 5.92 Å². The molecule has 16 heavy (non-hydrogen) atoms. The van der Waals surface area contributed by atoms with Crippen LogP contribution in [0.15, 0.2) is 22.8 Å². The van der Waals surface area contributed by atoms with Gasteiger partial charge in [0, 0.05) is 30.3 Å². The van der Waals surface area contributed by atoms with E-state index in [9.17, 15) is 0 Å². The van der Waals surface area contributed by atoms with Crippen LogP contribution in [0.5, 0.6) is 0 Å². The molecule has 3 nitrogen and oxygen atoms in total. The van der Waals surface area contributed by atoms with Gasteiger partial charge in [-0.1, -0.05) is 13.8 Å². The lowest BCUT2D eigenvalue weighted by atomic mass is 10.0. The molecule has 1 aromatic heterocycles. The van der Waals surface area contributed by atoms with Crippen LogP contribution >= 0.6 is 15.9 Å². The standard InChI is InChI=1S/C12H20BrN3/c1-9(2)11(14)6-7-16(3)12-5-4-10(13)8-15-12/h4-5,8-9,11H,6-7,14H2,1-3H3. The van der Waals surface area contributed by atoms with Crippen molar-refractivity contribution in [2.45, 2.75) is 26.3 Å². The lowest BCUT2D eigenvalue weighted by molar-refractivity contribution is 0.465. The van der Waals surface area contributed by atoms with Crippen LogP contribution in [0.1, 0.15) is 20.3 Å². The normalized spacial score (nSPS) is 12.9. The van der Waals surface area contributed by atoms with Gasteiger partial charge in [0.1, 0.15) is 5.82 Å². The second-order valence-corrected chi connectivity index (χ2v) is 5.37. The minimum Gasteiger partial charge on any atom is -0.360 e. The SMILES string of the molecule is CC(C)C(N)CCN(C)c1ccc(Br)cn1. The largest absolute Gasteiger partial charge is 0.360 e. The predicted octanol–water partition coefficient (Wildman–Crippen LogP) is 2.65. The molecule has 1 rings (SSSR count). The van der Waals surface area contributed by atoms with Gasteiger partial charge in [-0.3, -0.25) is 0 Å². The summed E-state index contributed by atoms with van der Waals surface area (Å²) in [7, 11) is 2.04. The molecule has 0 saturated carbocycles. The quantitative estimate of drug-likeness (QED) is 0.904. The number of anilines is 1. The highest BCUT2D eigenvalue weighted by atomic mass is 79.9. The molecular weight excluding hydrogens is 266 g/mol. The summed E-state index contributed by atoms with van der Waals surface area (Å²) in [5, 5.41) is 0. The van der Waals surface area contributed by atoms with Crippen molar-refractivity contribution in [3.63, 3.8) is 0 Å². The Morgan fingerprint density at radius 2 is 2.12 bits per heavy atom. The molecule has 0 bridgehead atoms. The smallest absolute Gasteiger partial charge is 0.128 e. The van der Waals surface area contributed by atoms with Gasteiger partial charge < -0.3 is 10.6 Å². The molecular formula is C12H20BrN3. The van der Waals surface area contributed by atoms with Crippen LogP contribution in [0.3, 0.4) is 0 Å². The topological polar surface area (TPSA) is 42.1 Å². The van der Waals surface area contributed by atoms with E-state index in [1.807, 2.05) is 25.4 Å². The lowest BCUT2D eigenvalue weighted by Crippen LogP contribution is -2.32. The number of pyridine rings is 1. The molecule has 1 atom stereocenters. The first-order valence-electron chi connectivity index (χ1n) is 5.59. The highest BCUT2D eigenvalue weighted by Gasteiger charge is 2.09. The number of hydrogen-bond acceptors (Lipinski definition) is 3. The van der Waals surface area contributed by atoms with Gasteiger partial charge in [-0.2, -0.15) is 0 Å². The Bertz CT molecular complexity index is 311. The first-order valence-corrected chi connectivity index (χ1v) is 6.38. The Morgan fingerprint density at radius 1 is 1.44 bits per heavy atom. The summed E-state index contributed by atoms with van der Waals surface area (Å²) in [6.45, 7) is 5.25. The molecule has 1 unspecified atom stereocenters. The van der Waals surface area contributed by atoms with Crippen molar-refractivity contribution in [3.8, 4) is 0 Å². The van der Waals surface area contributed by atoms with Gasteiger partial charge in [-0.05, 0) is 40.4 Å². The molecule has 0 aliphatic rings. The van der Waals surface area contributed by atoms with Crippen LogP contribution in [-0.4, -0.2) is 24.6 Å². The van der Waals surface area contributed by atoms with Gasteiger partial charge in [-0.25, -0.2) is 4.98 Å². The molecule has 0 fully saturated rings. The van der Waals surface area contributed by atoms with Crippen LogP contribution < -0.4 is 10.6 Å². The number of nitrogens with zero attached hydrogens (tertiary/aromatic N) is 2. The van der Waals surface area contributed by atoms with Gasteiger partial charge in [0.05, 0.1) is 0 Å². The lowest BCUT2D eigenvalue weighted by Gasteiger charge is -2.22. The van der Waals surface area contributed by atoms with Crippen molar-refractivity contribution in [2.75, 3.05) is 18.5 Å². The van der Waals surface area contributed by atoms with E-state index in [4.69, 9.17) is 5.73 Å². The number of nitrogens with two attached hydrogens (primary N) is 1. The first kappa shape index (κ1) is 13.5. The van der Waals surface area contributed by atoms with Gasteiger partial charge >= 0.3 is 0 Å². The van der Waals surface area contributed by atoms with Crippen molar-refractivity contribution in [1.29, 1.82) is 0 Å². The van der Waals surface area contributed by atoms with Gasteiger partial charge in [0.15, 0.2) is 0 Å². The van der Waals surface area contributed by atoms with E-state index < -0.39 is 0 Å². The second kappa shape index (κ2) is 6.21. The Labute approximate surface area is 106 Å². The zero-order valence-electron chi connectivity index (χ0n) is 10.2. The predicted molar refractivity (Wildman–Crippen MR) is 72.6 cm³/mol. The molecule has 0 amide bonds. The molecule has 1 aromatic rings. The molecule has 0 spiro atoms. The number of hydrogen-bond donors (Lipinski definition) is 1. The summed E-state index contributed by atoms with van der Waals surface area (Å²) in [4.78, 5) is 6.47. The summed E-state index contributed by atoms with van der Waals surface area (Å²) in [5.41, 5.74) is 6.01. The van der Waals surface area contributed by atoms with Crippen LogP contribution in [-0.2, 0) is 0 Å². The summed E-state index contributed by atoms with van der Waals surface area (Å²) in [5.74, 6) is 1.52. The maximum absolute atomic E-state index is 6.01. The molecule has 2 N–H and O–H groups in total.